The molecule has 8 aliphatic heterocycles. The standard InChI is InChI=1S/2C19H21NO4.2C18H21NO4/c2*1-2-8-20-9-7-18-15-11-3-4-12(21)16(15)24-17(18)13(22)5-6-19(18,23)14(20)10-11;2*1-19-8-7-17-14-10-3-4-12(22-2)15(14)23-16(17)11(20)5-6-18(17,21)13(19)9-10/h2*2-4,14,17,21,23H,1,5-10H2;2*3-4,13,16,21H,5-9H2,1-2H3/t2*14-,17+,18+,19-;2*13-,16+,17+,18-/m1111/s1. The minimum atomic E-state index is -1.00. The number of aliphatic hydroxyl groups is 4. The molecule has 496 valence electrons. The predicted octanol–water partition coefficient (Wildman–Crippen LogP) is 4.70. The van der Waals surface area contributed by atoms with Crippen LogP contribution >= 0.6 is 0 Å². The third-order valence-corrected chi connectivity index (χ3v) is 26.9. The molecule has 0 radical (unpaired) electrons. The first-order chi connectivity index (χ1) is 45.1. The van der Waals surface area contributed by atoms with Crippen molar-refractivity contribution in [2.24, 2.45) is 0 Å². The SMILES string of the molecule is C=CCN1CC[C@]23c4c5ccc(O)c4O[C@H]2C(=O)CC[C@@]3(O)[C@H]1C5.C=CCN1CC[C@]23c4c5ccc(O)c4O[C@H]2C(=O)CC[C@@]3(O)[C@H]1C5.COc1ccc2c3c1O[C@H]1C(=O)CC[C@@]4(O)[C@@H](C2)N(C)CC[C@]314.COc1ccc2c3c1O[C@H]1C(=O)CC[C@@]4(O)[C@@H](C2)N(C)CC[C@]314. The molecule has 4 saturated carbocycles. The maximum atomic E-state index is 12.7. The van der Waals surface area contributed by atoms with Gasteiger partial charge in [0.15, 0.2) is 93.5 Å². The molecule has 16 aliphatic rings. The number of phenolic OH excluding ortho intramolecular Hbond substituents is 2. The van der Waals surface area contributed by atoms with Crippen LogP contribution in [0, 0.1) is 0 Å². The molecule has 0 amide bonds. The lowest BCUT2D eigenvalue weighted by atomic mass is 9.49. The van der Waals surface area contributed by atoms with Crippen LogP contribution in [0.3, 0.4) is 0 Å². The van der Waals surface area contributed by atoms with E-state index in [1.165, 1.54) is 11.1 Å². The number of likely N-dealkylation sites (tertiary alicyclic amines) is 4. The van der Waals surface area contributed by atoms with Gasteiger partial charge in [-0.25, -0.2) is 0 Å². The van der Waals surface area contributed by atoms with Crippen LogP contribution in [0.25, 0.3) is 0 Å². The summed E-state index contributed by atoms with van der Waals surface area (Å²) in [5, 5.41) is 67.7. The number of carbonyl (C=O) groups excluding carboxylic acids is 4. The van der Waals surface area contributed by atoms with Crippen molar-refractivity contribution in [3.63, 3.8) is 0 Å². The van der Waals surface area contributed by atoms with Crippen molar-refractivity contribution in [3.05, 3.63) is 118 Å². The lowest BCUT2D eigenvalue weighted by Gasteiger charge is -2.62. The average molecular weight is 1290 g/mol. The molecule has 16 atom stereocenters. The van der Waals surface area contributed by atoms with Crippen molar-refractivity contribution < 1.29 is 78.2 Å². The number of nitrogens with zero attached hydrogens (tertiary/aromatic N) is 4. The summed E-state index contributed by atoms with van der Waals surface area (Å²) in [6.45, 7) is 12.5. The Morgan fingerprint density at radius 1 is 0.436 bits per heavy atom. The Hall–Kier alpha value is -6.88. The third-order valence-electron chi connectivity index (χ3n) is 26.9. The first kappa shape index (κ1) is 60.8. The van der Waals surface area contributed by atoms with E-state index in [1.807, 2.05) is 36.4 Å². The van der Waals surface area contributed by atoms with Crippen LogP contribution in [0.2, 0.25) is 0 Å². The van der Waals surface area contributed by atoms with Gasteiger partial charge >= 0.3 is 0 Å². The molecule has 0 aromatic heterocycles. The zero-order chi connectivity index (χ0) is 65.3. The van der Waals surface area contributed by atoms with Crippen LogP contribution in [0.4, 0.5) is 0 Å². The average Bonchev–Trinajstić information content (AvgIpc) is 1.30. The van der Waals surface area contributed by atoms with Gasteiger partial charge in [-0.1, -0.05) is 36.4 Å². The summed E-state index contributed by atoms with van der Waals surface area (Å²) in [6, 6.07) is 15.1. The van der Waals surface area contributed by atoms with Gasteiger partial charge in [0, 0.05) is 98.3 Å². The van der Waals surface area contributed by atoms with E-state index in [2.05, 4.69) is 59.0 Å². The maximum absolute atomic E-state index is 12.7. The normalized spacial score (nSPS) is 39.9. The predicted molar refractivity (Wildman–Crippen MR) is 341 cm³/mol. The molecule has 8 aliphatic carbocycles. The second kappa shape index (κ2) is 20.3. The molecule has 4 spiro atoms. The first-order valence-corrected chi connectivity index (χ1v) is 34.0. The van der Waals surface area contributed by atoms with Gasteiger partial charge in [0.2, 0.25) is 0 Å². The van der Waals surface area contributed by atoms with E-state index in [0.717, 1.165) is 98.3 Å². The monoisotopic (exact) mass is 1280 g/mol. The molecule has 94 heavy (non-hydrogen) atoms. The largest absolute Gasteiger partial charge is 0.504 e. The van der Waals surface area contributed by atoms with Gasteiger partial charge in [0.05, 0.1) is 58.3 Å². The number of aromatic hydroxyl groups is 2. The summed E-state index contributed by atoms with van der Waals surface area (Å²) in [4.78, 5) is 59.6. The van der Waals surface area contributed by atoms with Crippen LogP contribution in [-0.4, -0.2) is 212 Å². The quantitative estimate of drug-likeness (QED) is 0.143. The minimum absolute atomic E-state index is 0.0408. The first-order valence-electron chi connectivity index (χ1n) is 34.0. The molecular formula is C74H84N4O16. The molecule has 20 nitrogen and oxygen atoms in total. The van der Waals surface area contributed by atoms with Crippen molar-refractivity contribution in [2.75, 3.05) is 67.6 Å². The van der Waals surface area contributed by atoms with Crippen LogP contribution in [0.1, 0.15) is 122 Å². The van der Waals surface area contributed by atoms with Crippen molar-refractivity contribution in [2.45, 2.75) is 195 Å². The van der Waals surface area contributed by atoms with Gasteiger partial charge in [0.1, 0.15) is 0 Å². The minimum Gasteiger partial charge on any atom is -0.504 e. The van der Waals surface area contributed by atoms with Gasteiger partial charge in [0.25, 0.3) is 0 Å². The van der Waals surface area contributed by atoms with E-state index in [-0.39, 0.29) is 58.8 Å². The van der Waals surface area contributed by atoms with E-state index in [4.69, 9.17) is 28.4 Å². The van der Waals surface area contributed by atoms with Crippen LogP contribution in [0.15, 0.2) is 73.8 Å². The smallest absolute Gasteiger partial charge is 0.174 e. The zero-order valence-corrected chi connectivity index (χ0v) is 53.9. The Kier molecular flexibility index (Phi) is 13.2. The summed E-state index contributed by atoms with van der Waals surface area (Å²) in [7, 11) is 7.39. The number of methoxy groups -OCH3 is 2. The van der Waals surface area contributed by atoms with E-state index in [9.17, 15) is 49.8 Å². The van der Waals surface area contributed by atoms with E-state index in [1.54, 1.807) is 26.4 Å². The molecule has 6 N–H and O–H groups in total. The highest BCUT2D eigenvalue weighted by Gasteiger charge is 2.77. The number of benzene rings is 4. The Morgan fingerprint density at radius 2 is 0.723 bits per heavy atom. The number of ketones is 4. The molecule has 20 heteroatoms. The van der Waals surface area contributed by atoms with Gasteiger partial charge in [-0.2, -0.15) is 0 Å². The Morgan fingerprint density at radius 3 is 1.05 bits per heavy atom. The highest BCUT2D eigenvalue weighted by atomic mass is 16.5. The summed E-state index contributed by atoms with van der Waals surface area (Å²) >= 11 is 0. The van der Waals surface area contributed by atoms with Gasteiger partial charge in [-0.3, -0.25) is 29.0 Å². The summed E-state index contributed by atoms with van der Waals surface area (Å²) < 4.78 is 35.2. The highest BCUT2D eigenvalue weighted by Crippen LogP contribution is 2.69. The number of phenols is 2. The Labute approximate surface area is 546 Å². The Balaban J connectivity index is 0.0000000954. The van der Waals surface area contributed by atoms with Crippen molar-refractivity contribution in [1.82, 2.24) is 19.6 Å². The van der Waals surface area contributed by atoms with Crippen molar-refractivity contribution in [1.29, 1.82) is 0 Å². The second-order valence-corrected chi connectivity index (χ2v) is 30.0. The number of likely N-dealkylation sites (N-methyl/N-ethyl adjacent to an activating group) is 2. The van der Waals surface area contributed by atoms with Crippen LogP contribution in [0.5, 0.6) is 46.0 Å². The third kappa shape index (κ3) is 7.11. The molecule has 4 aromatic rings. The van der Waals surface area contributed by atoms with Gasteiger partial charge in [-0.05, 0) is 151 Å². The van der Waals surface area contributed by atoms with Crippen molar-refractivity contribution >= 4 is 23.1 Å². The van der Waals surface area contributed by atoms with Crippen LogP contribution < -0.4 is 28.4 Å². The lowest BCUT2D eigenvalue weighted by molar-refractivity contribution is -0.187. The summed E-state index contributed by atoms with van der Waals surface area (Å²) in [6.07, 6.45) is 10.5. The van der Waals surface area contributed by atoms with E-state index < -0.39 is 68.5 Å². The van der Waals surface area contributed by atoms with Gasteiger partial charge < -0.3 is 68.9 Å². The molecule has 20 rings (SSSR count). The maximum Gasteiger partial charge on any atom is 0.174 e. The summed E-state index contributed by atoms with van der Waals surface area (Å²) in [5.41, 5.74) is 1.99. The Bertz CT molecular complexity index is 3770. The zero-order valence-electron chi connectivity index (χ0n) is 53.9. The fourth-order valence-electron chi connectivity index (χ4n) is 23.0. The molecule has 8 fully saturated rings. The van der Waals surface area contributed by atoms with Crippen molar-refractivity contribution in [3.8, 4) is 46.0 Å². The van der Waals surface area contributed by atoms with Gasteiger partial charge in [-0.15, -0.1) is 13.2 Å². The number of hydrogen-bond acceptors (Lipinski definition) is 20. The molecule has 8 heterocycles. The topological polar surface area (TPSA) is 258 Å². The second-order valence-electron chi connectivity index (χ2n) is 30.0. The number of ether oxygens (including phenoxy) is 6. The van der Waals surface area contributed by atoms with E-state index >= 15 is 0 Å². The number of piperidine rings is 4. The molecular weight excluding hydrogens is 1200 g/mol. The fraction of sp³-hybridized carbons (Fsp3) is 0.568. The number of Topliss-reactive ketones (excluding diaryl/α,β-unsaturated/α-hetero) is 4. The molecule has 8 bridgehead atoms. The molecule has 4 aromatic carbocycles. The lowest BCUT2D eigenvalue weighted by Crippen LogP contribution is -2.76. The molecule has 0 unspecified atom stereocenters. The number of rotatable bonds is 6. The fourth-order valence-corrected chi connectivity index (χ4v) is 23.0. The highest BCUT2D eigenvalue weighted by molar-refractivity contribution is 5.93. The number of carbonyl (C=O) groups is 4. The number of hydrogen-bond donors (Lipinski definition) is 6. The molecule has 4 saturated heterocycles. The van der Waals surface area contributed by atoms with Crippen LogP contribution in [-0.2, 0) is 66.5 Å². The summed E-state index contributed by atoms with van der Waals surface area (Å²) in [5.74, 6) is 3.99. The van der Waals surface area contributed by atoms with E-state index in [0.29, 0.717) is 112 Å².